The Morgan fingerprint density at radius 1 is 1.19 bits per heavy atom. The summed E-state index contributed by atoms with van der Waals surface area (Å²) in [6.07, 6.45) is 3.65. The lowest BCUT2D eigenvalue weighted by atomic mass is 10.3. The molecule has 5 heteroatoms. The summed E-state index contributed by atoms with van der Waals surface area (Å²) in [5.41, 5.74) is 0. The third kappa shape index (κ3) is 2.08. The van der Waals surface area contributed by atoms with E-state index in [-0.39, 0.29) is 0 Å². The maximum atomic E-state index is 5.39. The van der Waals surface area contributed by atoms with Gasteiger partial charge >= 0.3 is 0 Å². The second kappa shape index (κ2) is 4.57. The van der Waals surface area contributed by atoms with Crippen LogP contribution >= 0.6 is 0 Å². The average molecular weight is 220 g/mol. The minimum Gasteiger partial charge on any atom is -0.493 e. The van der Waals surface area contributed by atoms with Crippen LogP contribution in [0.2, 0.25) is 0 Å². The molecule has 1 heterocycles. The van der Waals surface area contributed by atoms with Crippen LogP contribution in [0.4, 0.5) is 0 Å². The van der Waals surface area contributed by atoms with Gasteiger partial charge in [-0.15, -0.1) is 0 Å². The van der Waals surface area contributed by atoms with E-state index in [4.69, 9.17) is 14.2 Å². The van der Waals surface area contributed by atoms with Crippen molar-refractivity contribution in [2.75, 3.05) is 14.2 Å². The van der Waals surface area contributed by atoms with Gasteiger partial charge < -0.3 is 18.6 Å². The van der Waals surface area contributed by atoms with Gasteiger partial charge in [0.25, 0.3) is 12.3 Å². The van der Waals surface area contributed by atoms with E-state index in [2.05, 4.69) is 15.8 Å². The highest BCUT2D eigenvalue weighted by Gasteiger charge is 2.06. The van der Waals surface area contributed by atoms with E-state index in [1.54, 1.807) is 32.4 Å². The largest absolute Gasteiger partial charge is 0.493 e. The Balaban J connectivity index is 2.22. The van der Waals surface area contributed by atoms with Crippen LogP contribution in [-0.2, 0) is 0 Å². The van der Waals surface area contributed by atoms with Crippen molar-refractivity contribution in [1.82, 2.24) is 4.98 Å². The van der Waals surface area contributed by atoms with Crippen molar-refractivity contribution in [1.29, 1.82) is 0 Å². The van der Waals surface area contributed by atoms with E-state index in [1.807, 2.05) is 0 Å². The molecule has 5 nitrogen and oxygen atoms in total. The van der Waals surface area contributed by atoms with Gasteiger partial charge in [0.05, 0.1) is 14.2 Å². The molecule has 0 amide bonds. The molecule has 1 aromatic heterocycles. The molecule has 0 N–H and O–H groups in total. The Bertz CT molecular complexity index is 453. The van der Waals surface area contributed by atoms with Gasteiger partial charge in [0.15, 0.2) is 17.8 Å². The Labute approximate surface area is 92.6 Å². The predicted octanol–water partition coefficient (Wildman–Crippen LogP) is 2.28. The summed E-state index contributed by atoms with van der Waals surface area (Å²) in [5.74, 6) is 2.15. The predicted molar refractivity (Wildman–Crippen MR) is 55.0 cm³/mol. The molecule has 0 saturated carbocycles. The highest BCUT2D eigenvalue weighted by molar-refractivity contribution is 5.46. The number of hydrogen-bond acceptors (Lipinski definition) is 5. The van der Waals surface area contributed by atoms with Gasteiger partial charge in [0, 0.05) is 6.07 Å². The van der Waals surface area contributed by atoms with Crippen LogP contribution in [0, 0.1) is 6.39 Å². The van der Waals surface area contributed by atoms with E-state index in [0.29, 0.717) is 23.1 Å². The second-order valence-electron chi connectivity index (χ2n) is 2.90. The Morgan fingerprint density at radius 3 is 2.62 bits per heavy atom. The number of nitrogens with zero attached hydrogens (tertiary/aromatic N) is 1. The zero-order valence-corrected chi connectivity index (χ0v) is 8.89. The summed E-state index contributed by atoms with van der Waals surface area (Å²) >= 11 is 0. The van der Waals surface area contributed by atoms with Gasteiger partial charge in [0.1, 0.15) is 5.75 Å². The molecule has 0 fully saturated rings. The number of rotatable bonds is 4. The molecular formula is C11H10NO4. The normalized spacial score (nSPS) is 9.88. The first-order valence-corrected chi connectivity index (χ1v) is 4.55. The van der Waals surface area contributed by atoms with Gasteiger partial charge in [-0.05, 0) is 12.1 Å². The first-order valence-electron chi connectivity index (χ1n) is 4.55. The van der Waals surface area contributed by atoms with E-state index in [0.717, 1.165) is 0 Å². The van der Waals surface area contributed by atoms with Crippen LogP contribution in [0.3, 0.4) is 0 Å². The number of oxazole rings is 1. The third-order valence-electron chi connectivity index (χ3n) is 1.95. The van der Waals surface area contributed by atoms with Crippen LogP contribution in [0.1, 0.15) is 0 Å². The van der Waals surface area contributed by atoms with Gasteiger partial charge in [-0.2, -0.15) is 4.98 Å². The smallest absolute Gasteiger partial charge is 0.287 e. The molecule has 0 aliphatic rings. The van der Waals surface area contributed by atoms with Gasteiger partial charge in [-0.1, -0.05) is 0 Å². The molecule has 0 aliphatic heterocycles. The minimum absolute atomic E-state index is 0.340. The highest BCUT2D eigenvalue weighted by Crippen LogP contribution is 2.32. The van der Waals surface area contributed by atoms with Crippen LogP contribution in [0.5, 0.6) is 23.1 Å². The first kappa shape index (κ1) is 10.4. The molecule has 2 rings (SSSR count). The second-order valence-corrected chi connectivity index (χ2v) is 2.90. The molecule has 83 valence electrons. The summed E-state index contributed by atoms with van der Waals surface area (Å²) in [6.45, 7) is 0. The summed E-state index contributed by atoms with van der Waals surface area (Å²) < 4.78 is 20.3. The molecule has 0 unspecified atom stereocenters. The number of aromatic nitrogens is 1. The van der Waals surface area contributed by atoms with Crippen molar-refractivity contribution in [2.24, 2.45) is 0 Å². The third-order valence-corrected chi connectivity index (χ3v) is 1.95. The first-order chi connectivity index (χ1) is 7.83. The molecular weight excluding hydrogens is 210 g/mol. The topological polar surface area (TPSA) is 53.7 Å². The zero-order valence-electron chi connectivity index (χ0n) is 8.89. The molecule has 0 atom stereocenters. The maximum absolute atomic E-state index is 5.39. The fourth-order valence-corrected chi connectivity index (χ4v) is 1.22. The van der Waals surface area contributed by atoms with Gasteiger partial charge in [-0.3, -0.25) is 0 Å². The summed E-state index contributed by atoms with van der Waals surface area (Å²) in [6, 6.07) is 5.20. The van der Waals surface area contributed by atoms with Crippen molar-refractivity contribution in [3.63, 3.8) is 0 Å². The van der Waals surface area contributed by atoms with Crippen LogP contribution < -0.4 is 14.2 Å². The SMILES string of the molecule is COc1ccc(Oc2co[c]n2)cc1OC. The fraction of sp³-hybridized carbons (Fsp3) is 0.182. The minimum atomic E-state index is 0.340. The van der Waals surface area contributed by atoms with Crippen LogP contribution in [0.15, 0.2) is 28.9 Å². The van der Waals surface area contributed by atoms with Crippen LogP contribution in [-0.4, -0.2) is 19.2 Å². The lowest BCUT2D eigenvalue weighted by Crippen LogP contribution is -1.91. The fourth-order valence-electron chi connectivity index (χ4n) is 1.22. The Hall–Kier alpha value is -2.17. The molecule has 0 saturated heterocycles. The standard InChI is InChI=1S/C11H10NO4/c1-13-9-4-3-8(5-10(9)14-2)16-11-6-15-7-12-11/h3-6H,1-2H3. The molecule has 1 aromatic carbocycles. The van der Waals surface area contributed by atoms with Crippen LogP contribution in [0.25, 0.3) is 0 Å². The number of ether oxygens (including phenoxy) is 3. The lowest BCUT2D eigenvalue weighted by molar-refractivity contribution is 0.351. The molecule has 2 aromatic rings. The molecule has 0 aliphatic carbocycles. The van der Waals surface area contributed by atoms with Crippen molar-refractivity contribution in [3.8, 4) is 23.1 Å². The average Bonchev–Trinajstić information content (AvgIpc) is 2.81. The summed E-state index contributed by atoms with van der Waals surface area (Å²) in [4.78, 5) is 3.72. The van der Waals surface area contributed by atoms with Crippen molar-refractivity contribution >= 4 is 0 Å². The monoisotopic (exact) mass is 220 g/mol. The molecule has 0 bridgehead atoms. The van der Waals surface area contributed by atoms with E-state index < -0.39 is 0 Å². The zero-order chi connectivity index (χ0) is 11.4. The number of methoxy groups -OCH3 is 2. The van der Waals surface area contributed by atoms with Gasteiger partial charge in [-0.25, -0.2) is 0 Å². The lowest BCUT2D eigenvalue weighted by Gasteiger charge is -2.08. The van der Waals surface area contributed by atoms with E-state index in [1.165, 1.54) is 6.26 Å². The molecule has 16 heavy (non-hydrogen) atoms. The van der Waals surface area contributed by atoms with Gasteiger partial charge in [0.2, 0.25) is 0 Å². The maximum Gasteiger partial charge on any atom is 0.287 e. The number of benzene rings is 1. The van der Waals surface area contributed by atoms with E-state index in [9.17, 15) is 0 Å². The van der Waals surface area contributed by atoms with Crippen molar-refractivity contribution in [2.45, 2.75) is 0 Å². The van der Waals surface area contributed by atoms with Crippen molar-refractivity contribution < 1.29 is 18.6 Å². The number of hydrogen-bond donors (Lipinski definition) is 0. The van der Waals surface area contributed by atoms with E-state index >= 15 is 0 Å². The Kier molecular flexibility index (Phi) is 2.95. The Morgan fingerprint density at radius 2 is 2.00 bits per heavy atom. The quantitative estimate of drug-likeness (QED) is 0.791. The highest BCUT2D eigenvalue weighted by atomic mass is 16.5. The van der Waals surface area contributed by atoms with Crippen molar-refractivity contribution in [3.05, 3.63) is 30.9 Å². The molecule has 1 radical (unpaired) electrons. The molecule has 0 spiro atoms. The summed E-state index contributed by atoms with van der Waals surface area (Å²) in [7, 11) is 3.14. The summed E-state index contributed by atoms with van der Waals surface area (Å²) in [5, 5.41) is 0.